The Labute approximate surface area is 92.0 Å². The summed E-state index contributed by atoms with van der Waals surface area (Å²) in [5.41, 5.74) is 0. The van der Waals surface area contributed by atoms with Gasteiger partial charge in [-0.2, -0.15) is 0 Å². The molecule has 2 aliphatic rings. The molecule has 3 nitrogen and oxygen atoms in total. The minimum Gasteiger partial charge on any atom is -0.356 e. The number of hydrogen-bond acceptors (Lipinski definition) is 2. The van der Waals surface area contributed by atoms with E-state index in [-0.39, 0.29) is 5.91 Å². The first-order chi connectivity index (χ1) is 7.34. The van der Waals surface area contributed by atoms with Gasteiger partial charge in [-0.3, -0.25) is 4.79 Å². The summed E-state index contributed by atoms with van der Waals surface area (Å²) >= 11 is 0. The van der Waals surface area contributed by atoms with E-state index in [4.69, 9.17) is 0 Å². The van der Waals surface area contributed by atoms with Crippen LogP contribution < -0.4 is 10.6 Å². The van der Waals surface area contributed by atoms with Crippen molar-refractivity contribution in [1.29, 1.82) is 0 Å². The summed E-state index contributed by atoms with van der Waals surface area (Å²) in [6.45, 7) is 3.16. The third kappa shape index (κ3) is 3.49. The number of rotatable bonds is 5. The topological polar surface area (TPSA) is 41.1 Å². The van der Waals surface area contributed by atoms with Gasteiger partial charge in [0.15, 0.2) is 0 Å². The normalized spacial score (nSPS) is 26.3. The summed E-state index contributed by atoms with van der Waals surface area (Å²) in [5, 5.41) is 6.38. The Balaban J connectivity index is 1.51. The first-order valence-corrected chi connectivity index (χ1v) is 6.32. The van der Waals surface area contributed by atoms with Crippen molar-refractivity contribution in [2.24, 2.45) is 11.8 Å². The predicted octanol–water partition coefficient (Wildman–Crippen LogP) is 1.29. The molecule has 1 aliphatic heterocycles. The van der Waals surface area contributed by atoms with E-state index in [0.29, 0.717) is 0 Å². The van der Waals surface area contributed by atoms with Crippen molar-refractivity contribution in [1.82, 2.24) is 10.6 Å². The molecule has 1 atom stereocenters. The maximum atomic E-state index is 11.5. The van der Waals surface area contributed by atoms with Gasteiger partial charge in [-0.25, -0.2) is 0 Å². The van der Waals surface area contributed by atoms with Crippen molar-refractivity contribution in [2.75, 3.05) is 19.6 Å². The maximum Gasteiger partial charge on any atom is 0.220 e. The van der Waals surface area contributed by atoms with Gasteiger partial charge in [-0.1, -0.05) is 6.42 Å². The summed E-state index contributed by atoms with van der Waals surface area (Å²) in [6.07, 6.45) is 7.01. The molecule has 0 bridgehead atoms. The molecule has 1 saturated carbocycles. The number of carbonyl (C=O) groups is 1. The highest BCUT2D eigenvalue weighted by Gasteiger charge is 2.19. The quantitative estimate of drug-likeness (QED) is 0.718. The van der Waals surface area contributed by atoms with Crippen LogP contribution in [0.25, 0.3) is 0 Å². The lowest BCUT2D eigenvalue weighted by Gasteiger charge is -2.25. The number of nitrogens with one attached hydrogen (secondary N) is 2. The fourth-order valence-electron chi connectivity index (χ4n) is 2.34. The van der Waals surface area contributed by atoms with E-state index >= 15 is 0 Å². The van der Waals surface area contributed by atoms with Crippen LogP contribution in [0.3, 0.4) is 0 Å². The van der Waals surface area contributed by atoms with Gasteiger partial charge in [0.05, 0.1) is 0 Å². The molecule has 0 radical (unpaired) electrons. The molecule has 86 valence electrons. The maximum absolute atomic E-state index is 11.5. The van der Waals surface area contributed by atoms with Crippen LogP contribution in [0.4, 0.5) is 0 Å². The molecule has 0 aromatic carbocycles. The van der Waals surface area contributed by atoms with Gasteiger partial charge in [-0.05, 0) is 50.6 Å². The molecule has 1 saturated heterocycles. The van der Waals surface area contributed by atoms with Crippen molar-refractivity contribution in [3.05, 3.63) is 0 Å². The van der Waals surface area contributed by atoms with E-state index in [2.05, 4.69) is 10.6 Å². The van der Waals surface area contributed by atoms with E-state index in [0.717, 1.165) is 44.3 Å². The Hall–Kier alpha value is -0.570. The molecule has 1 aliphatic carbocycles. The van der Waals surface area contributed by atoms with Crippen LogP contribution in [0.5, 0.6) is 0 Å². The van der Waals surface area contributed by atoms with Gasteiger partial charge < -0.3 is 10.6 Å². The van der Waals surface area contributed by atoms with E-state index in [1.807, 2.05) is 0 Å². The van der Waals surface area contributed by atoms with Gasteiger partial charge in [-0.15, -0.1) is 0 Å². The molecule has 15 heavy (non-hydrogen) atoms. The Morgan fingerprint density at radius 1 is 1.27 bits per heavy atom. The molecular weight excluding hydrogens is 188 g/mol. The van der Waals surface area contributed by atoms with Crippen molar-refractivity contribution in [3.8, 4) is 0 Å². The van der Waals surface area contributed by atoms with Crippen LogP contribution in [0, 0.1) is 11.8 Å². The lowest BCUT2D eigenvalue weighted by atomic mass is 9.85. The first-order valence-electron chi connectivity index (χ1n) is 6.32. The lowest BCUT2D eigenvalue weighted by Crippen LogP contribution is -2.32. The molecule has 2 N–H and O–H groups in total. The summed E-state index contributed by atoms with van der Waals surface area (Å²) in [7, 11) is 0. The molecule has 0 aromatic rings. The van der Waals surface area contributed by atoms with E-state index in [1.54, 1.807) is 0 Å². The Morgan fingerprint density at radius 3 is 2.73 bits per heavy atom. The van der Waals surface area contributed by atoms with Crippen molar-refractivity contribution >= 4 is 5.91 Å². The van der Waals surface area contributed by atoms with Crippen LogP contribution in [0.15, 0.2) is 0 Å². The second-order valence-electron chi connectivity index (χ2n) is 5.00. The minimum atomic E-state index is 0.258. The van der Waals surface area contributed by atoms with Crippen LogP contribution >= 0.6 is 0 Å². The zero-order valence-corrected chi connectivity index (χ0v) is 9.43. The van der Waals surface area contributed by atoms with E-state index in [9.17, 15) is 4.79 Å². The Kier molecular flexibility index (Phi) is 4.01. The lowest BCUT2D eigenvalue weighted by molar-refractivity contribution is -0.121. The molecule has 0 spiro atoms. The average molecular weight is 210 g/mol. The molecule has 2 rings (SSSR count). The molecule has 1 amide bonds. The van der Waals surface area contributed by atoms with Crippen molar-refractivity contribution in [3.63, 3.8) is 0 Å². The smallest absolute Gasteiger partial charge is 0.220 e. The van der Waals surface area contributed by atoms with Gasteiger partial charge in [0.1, 0.15) is 0 Å². The molecule has 1 unspecified atom stereocenters. The largest absolute Gasteiger partial charge is 0.356 e. The standard InChI is InChI=1S/C12H22N2O/c15-12(14-9-10-2-1-3-10)5-4-11-6-7-13-8-11/h10-11,13H,1-9H2,(H,14,15). The zero-order chi connectivity index (χ0) is 10.5. The Bertz CT molecular complexity index is 208. The third-order valence-corrected chi connectivity index (χ3v) is 3.75. The predicted molar refractivity (Wildman–Crippen MR) is 60.6 cm³/mol. The fourth-order valence-corrected chi connectivity index (χ4v) is 2.34. The van der Waals surface area contributed by atoms with Crippen LogP contribution in [-0.2, 0) is 4.79 Å². The molecule has 2 fully saturated rings. The number of hydrogen-bond donors (Lipinski definition) is 2. The number of carbonyl (C=O) groups excluding carboxylic acids is 1. The van der Waals surface area contributed by atoms with Gasteiger partial charge in [0.25, 0.3) is 0 Å². The van der Waals surface area contributed by atoms with Gasteiger partial charge in [0.2, 0.25) is 5.91 Å². The van der Waals surface area contributed by atoms with Gasteiger partial charge >= 0.3 is 0 Å². The van der Waals surface area contributed by atoms with E-state index in [1.165, 1.54) is 25.7 Å². The average Bonchev–Trinajstić information content (AvgIpc) is 2.64. The second kappa shape index (κ2) is 5.50. The third-order valence-electron chi connectivity index (χ3n) is 3.75. The number of amides is 1. The molecule has 1 heterocycles. The molecule has 0 aromatic heterocycles. The molecule has 3 heteroatoms. The van der Waals surface area contributed by atoms with Crippen LogP contribution in [0.1, 0.15) is 38.5 Å². The summed E-state index contributed by atoms with van der Waals surface area (Å²) in [5.74, 6) is 1.77. The summed E-state index contributed by atoms with van der Waals surface area (Å²) < 4.78 is 0. The van der Waals surface area contributed by atoms with Crippen LogP contribution in [-0.4, -0.2) is 25.5 Å². The highest BCUT2D eigenvalue weighted by molar-refractivity contribution is 5.75. The monoisotopic (exact) mass is 210 g/mol. The summed E-state index contributed by atoms with van der Waals surface area (Å²) in [6, 6.07) is 0. The Morgan fingerprint density at radius 2 is 2.13 bits per heavy atom. The minimum absolute atomic E-state index is 0.258. The van der Waals surface area contributed by atoms with E-state index < -0.39 is 0 Å². The van der Waals surface area contributed by atoms with Crippen molar-refractivity contribution < 1.29 is 4.79 Å². The highest BCUT2D eigenvalue weighted by Crippen LogP contribution is 2.25. The van der Waals surface area contributed by atoms with Crippen molar-refractivity contribution in [2.45, 2.75) is 38.5 Å². The highest BCUT2D eigenvalue weighted by atomic mass is 16.1. The van der Waals surface area contributed by atoms with Gasteiger partial charge in [0, 0.05) is 13.0 Å². The zero-order valence-electron chi connectivity index (χ0n) is 9.43. The molecular formula is C12H22N2O. The SMILES string of the molecule is O=C(CCC1CCNC1)NCC1CCC1. The van der Waals surface area contributed by atoms with Crippen LogP contribution in [0.2, 0.25) is 0 Å². The summed E-state index contributed by atoms with van der Waals surface area (Å²) in [4.78, 5) is 11.5. The first kappa shape index (κ1) is 10.9. The second-order valence-corrected chi connectivity index (χ2v) is 5.00. The fraction of sp³-hybridized carbons (Fsp3) is 0.917.